The van der Waals surface area contributed by atoms with Crippen LogP contribution < -0.4 is 14.8 Å². The van der Waals surface area contributed by atoms with E-state index in [0.717, 1.165) is 29.5 Å². The van der Waals surface area contributed by atoms with Gasteiger partial charge >= 0.3 is 0 Å². The van der Waals surface area contributed by atoms with Gasteiger partial charge in [-0.05, 0) is 60.8 Å². The zero-order valence-electron chi connectivity index (χ0n) is 15.3. The number of benzene rings is 1. The fourth-order valence-corrected chi connectivity index (χ4v) is 3.33. The van der Waals surface area contributed by atoms with Crippen molar-refractivity contribution in [1.29, 1.82) is 0 Å². The summed E-state index contributed by atoms with van der Waals surface area (Å²) in [4.78, 5) is 12.3. The number of ether oxygens (including phenoxy) is 2. The SMILES string of the molecule is CCC(C)Oc1cc2c(cc1OC)CC(=O)NC2C1=CC=C(Cl)C=CC1. The van der Waals surface area contributed by atoms with Crippen molar-refractivity contribution in [3.8, 4) is 11.5 Å². The van der Waals surface area contributed by atoms with Crippen LogP contribution in [0.4, 0.5) is 0 Å². The van der Waals surface area contributed by atoms with Gasteiger partial charge in [-0.3, -0.25) is 4.79 Å². The third-order valence-electron chi connectivity index (χ3n) is 4.75. The standard InChI is InChI=1S/C21H24ClNO3/c1-4-13(2)26-19-12-17-15(10-18(19)25-3)11-20(24)23-21(17)14-6-5-7-16(22)9-8-14/h5,7-10,12-13,21H,4,6,11H2,1-3H3,(H,23,24). The monoisotopic (exact) mass is 373 g/mol. The average Bonchev–Trinajstić information content (AvgIpc) is 2.85. The van der Waals surface area contributed by atoms with Crippen molar-refractivity contribution in [3.05, 3.63) is 58.2 Å². The van der Waals surface area contributed by atoms with Crippen LogP contribution in [0.15, 0.2) is 47.0 Å². The lowest BCUT2D eigenvalue weighted by molar-refractivity contribution is -0.121. The molecule has 0 saturated heterocycles. The van der Waals surface area contributed by atoms with E-state index in [1.165, 1.54) is 0 Å². The van der Waals surface area contributed by atoms with Crippen molar-refractivity contribution < 1.29 is 14.3 Å². The predicted octanol–water partition coefficient (Wildman–Crippen LogP) is 4.59. The first-order chi connectivity index (χ1) is 12.5. The average molecular weight is 374 g/mol. The predicted molar refractivity (Wildman–Crippen MR) is 104 cm³/mol. The van der Waals surface area contributed by atoms with E-state index in [-0.39, 0.29) is 18.1 Å². The van der Waals surface area contributed by atoms with Gasteiger partial charge in [0.25, 0.3) is 0 Å². The molecule has 1 aromatic carbocycles. The van der Waals surface area contributed by atoms with E-state index in [9.17, 15) is 4.79 Å². The van der Waals surface area contributed by atoms with Gasteiger partial charge in [-0.1, -0.05) is 30.7 Å². The third kappa shape index (κ3) is 3.96. The third-order valence-corrected chi connectivity index (χ3v) is 5.01. The number of carbonyl (C=O) groups is 1. The molecule has 2 aliphatic rings. The van der Waals surface area contributed by atoms with Crippen molar-refractivity contribution >= 4 is 17.5 Å². The topological polar surface area (TPSA) is 47.6 Å². The van der Waals surface area contributed by atoms with Crippen molar-refractivity contribution in [2.45, 2.75) is 45.3 Å². The smallest absolute Gasteiger partial charge is 0.225 e. The van der Waals surface area contributed by atoms with Gasteiger partial charge in [0.2, 0.25) is 5.91 Å². The molecule has 1 N–H and O–H groups in total. The van der Waals surface area contributed by atoms with Crippen LogP contribution in [-0.4, -0.2) is 19.1 Å². The number of allylic oxidation sites excluding steroid dienone is 5. The van der Waals surface area contributed by atoms with E-state index in [1.54, 1.807) is 7.11 Å². The Balaban J connectivity index is 2.04. The number of hydrogen-bond acceptors (Lipinski definition) is 3. The Morgan fingerprint density at radius 1 is 1.31 bits per heavy atom. The van der Waals surface area contributed by atoms with Crippen LogP contribution in [-0.2, 0) is 11.2 Å². The molecule has 0 fully saturated rings. The van der Waals surface area contributed by atoms with E-state index in [1.807, 2.05) is 43.4 Å². The van der Waals surface area contributed by atoms with Gasteiger partial charge in [-0.25, -0.2) is 0 Å². The maximum absolute atomic E-state index is 12.3. The molecule has 1 aliphatic carbocycles. The molecule has 4 nitrogen and oxygen atoms in total. The Morgan fingerprint density at radius 3 is 2.85 bits per heavy atom. The zero-order chi connectivity index (χ0) is 18.7. The Bertz CT molecular complexity index is 795. The largest absolute Gasteiger partial charge is 0.493 e. The van der Waals surface area contributed by atoms with Crippen LogP contribution in [0.1, 0.15) is 43.9 Å². The van der Waals surface area contributed by atoms with Gasteiger partial charge in [0, 0.05) is 5.03 Å². The molecule has 5 heteroatoms. The van der Waals surface area contributed by atoms with Crippen LogP contribution >= 0.6 is 11.6 Å². The molecule has 138 valence electrons. The molecule has 0 aromatic heterocycles. The molecular formula is C21H24ClNO3. The summed E-state index contributed by atoms with van der Waals surface area (Å²) in [5, 5.41) is 3.79. The highest BCUT2D eigenvalue weighted by molar-refractivity contribution is 6.31. The second kappa shape index (κ2) is 8.00. The molecule has 0 spiro atoms. The van der Waals surface area contributed by atoms with Crippen molar-refractivity contribution in [2.24, 2.45) is 0 Å². The minimum Gasteiger partial charge on any atom is -0.493 e. The summed E-state index contributed by atoms with van der Waals surface area (Å²) in [6, 6.07) is 3.74. The molecule has 2 atom stereocenters. The lowest BCUT2D eigenvalue weighted by Gasteiger charge is -2.30. The summed E-state index contributed by atoms with van der Waals surface area (Å²) in [7, 11) is 1.62. The Morgan fingerprint density at radius 2 is 2.12 bits per heavy atom. The van der Waals surface area contributed by atoms with E-state index in [0.29, 0.717) is 23.0 Å². The van der Waals surface area contributed by atoms with Crippen LogP contribution in [0.25, 0.3) is 0 Å². The highest BCUT2D eigenvalue weighted by atomic mass is 35.5. The second-order valence-electron chi connectivity index (χ2n) is 6.62. The first kappa shape index (κ1) is 18.6. The molecule has 1 heterocycles. The highest BCUT2D eigenvalue weighted by Crippen LogP contribution is 2.39. The highest BCUT2D eigenvalue weighted by Gasteiger charge is 2.29. The van der Waals surface area contributed by atoms with Gasteiger partial charge in [-0.15, -0.1) is 0 Å². The molecule has 0 saturated carbocycles. The van der Waals surface area contributed by atoms with E-state index < -0.39 is 0 Å². The van der Waals surface area contributed by atoms with Gasteiger partial charge in [0.1, 0.15) is 0 Å². The maximum Gasteiger partial charge on any atom is 0.225 e. The van der Waals surface area contributed by atoms with Crippen molar-refractivity contribution in [1.82, 2.24) is 5.32 Å². The fourth-order valence-electron chi connectivity index (χ4n) is 3.18. The van der Waals surface area contributed by atoms with E-state index in [2.05, 4.69) is 12.2 Å². The van der Waals surface area contributed by atoms with Gasteiger partial charge < -0.3 is 14.8 Å². The fraction of sp³-hybridized carbons (Fsp3) is 0.381. The number of methoxy groups -OCH3 is 1. The molecule has 0 bridgehead atoms. The van der Waals surface area contributed by atoms with Crippen LogP contribution in [0, 0.1) is 0 Å². The number of hydrogen-bond donors (Lipinski definition) is 1. The summed E-state index contributed by atoms with van der Waals surface area (Å²) in [5.74, 6) is 1.37. The Labute approximate surface area is 159 Å². The Hall–Kier alpha value is -2.20. The minimum atomic E-state index is -0.195. The van der Waals surface area contributed by atoms with Crippen LogP contribution in [0.3, 0.4) is 0 Å². The normalized spacial score (nSPS) is 20.3. The summed E-state index contributed by atoms with van der Waals surface area (Å²) in [6.07, 6.45) is 9.79. The van der Waals surface area contributed by atoms with Crippen molar-refractivity contribution in [3.63, 3.8) is 0 Å². The van der Waals surface area contributed by atoms with Crippen molar-refractivity contribution in [2.75, 3.05) is 7.11 Å². The van der Waals surface area contributed by atoms with Gasteiger partial charge in [-0.2, -0.15) is 0 Å². The number of nitrogens with one attached hydrogen (secondary N) is 1. The summed E-state index contributed by atoms with van der Waals surface area (Å²) in [5.41, 5.74) is 3.11. The first-order valence-corrected chi connectivity index (χ1v) is 9.29. The van der Waals surface area contributed by atoms with Gasteiger partial charge in [0.05, 0.1) is 25.7 Å². The Kier molecular flexibility index (Phi) is 5.72. The van der Waals surface area contributed by atoms with E-state index in [4.69, 9.17) is 21.1 Å². The zero-order valence-corrected chi connectivity index (χ0v) is 16.1. The summed E-state index contributed by atoms with van der Waals surface area (Å²) in [6.45, 7) is 4.11. The van der Waals surface area contributed by atoms with Gasteiger partial charge in [0.15, 0.2) is 11.5 Å². The molecule has 0 radical (unpaired) electrons. The summed E-state index contributed by atoms with van der Waals surface area (Å²) >= 11 is 6.10. The van der Waals surface area contributed by atoms with Crippen LogP contribution in [0.5, 0.6) is 11.5 Å². The number of fused-ring (bicyclic) bond motifs is 1. The quantitative estimate of drug-likeness (QED) is 0.820. The molecular weight excluding hydrogens is 350 g/mol. The number of carbonyl (C=O) groups excluding carboxylic acids is 1. The number of rotatable bonds is 5. The lowest BCUT2D eigenvalue weighted by Crippen LogP contribution is -2.36. The number of halogens is 1. The molecule has 1 amide bonds. The molecule has 26 heavy (non-hydrogen) atoms. The van der Waals surface area contributed by atoms with Crippen LogP contribution in [0.2, 0.25) is 0 Å². The molecule has 1 aromatic rings. The summed E-state index contributed by atoms with van der Waals surface area (Å²) < 4.78 is 11.5. The molecule has 2 unspecified atom stereocenters. The first-order valence-electron chi connectivity index (χ1n) is 8.91. The molecule has 1 aliphatic heterocycles. The van der Waals surface area contributed by atoms with E-state index >= 15 is 0 Å². The molecule has 3 rings (SSSR count). The lowest BCUT2D eigenvalue weighted by atomic mass is 9.87. The number of amides is 1. The second-order valence-corrected chi connectivity index (χ2v) is 7.05. The minimum absolute atomic E-state index is 0.00403. The maximum atomic E-state index is 12.3.